The van der Waals surface area contributed by atoms with E-state index in [1.165, 1.54) is 16.2 Å². The Kier molecular flexibility index (Phi) is 6.78. The van der Waals surface area contributed by atoms with Crippen molar-refractivity contribution in [1.82, 2.24) is 10.2 Å². The second kappa shape index (κ2) is 10.2. The Bertz CT molecular complexity index is 1530. The topological polar surface area (TPSA) is 92.6 Å². The molecule has 0 unspecified atom stereocenters. The van der Waals surface area contributed by atoms with E-state index in [9.17, 15) is 14.7 Å². The SMILES string of the molecule is Cc1cccc(COc2ccc(/C(O)=C3\C(=O)C(=O)N(c4nnc(C)s4)[C@@H]3c3cccc(Cl)c3)cc2)c1. The number of hydrogen-bond acceptors (Lipinski definition) is 7. The van der Waals surface area contributed by atoms with Gasteiger partial charge in [0, 0.05) is 10.6 Å². The number of nitrogens with zero attached hydrogens (tertiary/aromatic N) is 3. The third kappa shape index (κ3) is 4.98. The van der Waals surface area contributed by atoms with Crippen LogP contribution in [0.5, 0.6) is 5.75 Å². The summed E-state index contributed by atoms with van der Waals surface area (Å²) < 4.78 is 5.87. The largest absolute Gasteiger partial charge is 0.507 e. The average Bonchev–Trinajstić information content (AvgIpc) is 3.43. The number of Topliss-reactive ketones (excluding diaryl/α,β-unsaturated/α-hetero) is 1. The number of benzene rings is 3. The number of carbonyl (C=O) groups is 2. The predicted octanol–water partition coefficient (Wildman–Crippen LogP) is 6.01. The van der Waals surface area contributed by atoms with Crippen LogP contribution >= 0.6 is 22.9 Å². The molecule has 0 spiro atoms. The Balaban J connectivity index is 1.50. The van der Waals surface area contributed by atoms with Crippen LogP contribution in [-0.2, 0) is 16.2 Å². The highest BCUT2D eigenvalue weighted by Gasteiger charge is 2.48. The molecule has 3 aromatic carbocycles. The molecule has 1 atom stereocenters. The highest BCUT2D eigenvalue weighted by Crippen LogP contribution is 2.43. The van der Waals surface area contributed by atoms with Gasteiger partial charge in [-0.1, -0.05) is 64.9 Å². The normalized spacial score (nSPS) is 16.8. The van der Waals surface area contributed by atoms with Crippen molar-refractivity contribution in [1.29, 1.82) is 0 Å². The summed E-state index contributed by atoms with van der Waals surface area (Å²) in [5, 5.41) is 20.7. The van der Waals surface area contributed by atoms with E-state index >= 15 is 0 Å². The van der Waals surface area contributed by atoms with Crippen molar-refractivity contribution in [2.24, 2.45) is 0 Å². The quantitative estimate of drug-likeness (QED) is 0.186. The first-order valence-electron chi connectivity index (χ1n) is 11.5. The van der Waals surface area contributed by atoms with E-state index in [0.717, 1.165) is 11.1 Å². The summed E-state index contributed by atoms with van der Waals surface area (Å²) in [7, 11) is 0. The Labute approximate surface area is 222 Å². The number of aromatic nitrogens is 2. The number of rotatable bonds is 6. The van der Waals surface area contributed by atoms with E-state index in [2.05, 4.69) is 16.3 Å². The Morgan fingerprint density at radius 3 is 2.46 bits per heavy atom. The maximum atomic E-state index is 13.2. The number of halogens is 1. The van der Waals surface area contributed by atoms with Crippen LogP contribution < -0.4 is 9.64 Å². The van der Waals surface area contributed by atoms with E-state index in [1.807, 2.05) is 25.1 Å². The summed E-state index contributed by atoms with van der Waals surface area (Å²) >= 11 is 7.42. The van der Waals surface area contributed by atoms with Crippen molar-refractivity contribution in [3.8, 4) is 5.75 Å². The predicted molar refractivity (Wildman–Crippen MR) is 143 cm³/mol. The van der Waals surface area contributed by atoms with Crippen molar-refractivity contribution in [3.05, 3.63) is 111 Å². The van der Waals surface area contributed by atoms with Gasteiger partial charge >= 0.3 is 5.91 Å². The van der Waals surface area contributed by atoms with Gasteiger partial charge in [-0.2, -0.15) is 0 Å². The molecule has 5 rings (SSSR count). The lowest BCUT2D eigenvalue weighted by Gasteiger charge is -2.22. The molecule has 1 aliphatic rings. The molecule has 1 amide bonds. The molecule has 186 valence electrons. The van der Waals surface area contributed by atoms with E-state index < -0.39 is 17.7 Å². The molecule has 9 heteroatoms. The van der Waals surface area contributed by atoms with Crippen LogP contribution in [0.4, 0.5) is 5.13 Å². The average molecular weight is 532 g/mol. The zero-order valence-electron chi connectivity index (χ0n) is 20.0. The van der Waals surface area contributed by atoms with Crippen molar-refractivity contribution >= 4 is 45.5 Å². The summed E-state index contributed by atoms with van der Waals surface area (Å²) in [5.74, 6) is -1.29. The number of anilines is 1. The van der Waals surface area contributed by atoms with Crippen LogP contribution in [0.25, 0.3) is 5.76 Å². The molecule has 0 saturated carbocycles. The number of hydrogen-bond donors (Lipinski definition) is 1. The summed E-state index contributed by atoms with van der Waals surface area (Å²) in [6.45, 7) is 4.18. The molecule has 37 heavy (non-hydrogen) atoms. The maximum Gasteiger partial charge on any atom is 0.301 e. The zero-order chi connectivity index (χ0) is 26.1. The van der Waals surface area contributed by atoms with Gasteiger partial charge in [-0.15, -0.1) is 10.2 Å². The first-order valence-corrected chi connectivity index (χ1v) is 12.7. The van der Waals surface area contributed by atoms with Crippen LogP contribution in [0.1, 0.15) is 33.3 Å². The third-order valence-corrected chi connectivity index (χ3v) is 7.02. The maximum absolute atomic E-state index is 13.2. The number of amides is 1. The monoisotopic (exact) mass is 531 g/mol. The van der Waals surface area contributed by atoms with Gasteiger partial charge in [-0.3, -0.25) is 14.5 Å². The summed E-state index contributed by atoms with van der Waals surface area (Å²) in [5.41, 5.74) is 3.09. The second-order valence-corrected chi connectivity index (χ2v) is 10.2. The van der Waals surface area contributed by atoms with Crippen LogP contribution in [0.2, 0.25) is 5.02 Å². The fourth-order valence-corrected chi connectivity index (χ4v) is 5.15. The van der Waals surface area contributed by atoms with Crippen molar-refractivity contribution in [2.75, 3.05) is 4.90 Å². The zero-order valence-corrected chi connectivity index (χ0v) is 21.6. The van der Waals surface area contributed by atoms with Gasteiger partial charge in [0.15, 0.2) is 0 Å². The van der Waals surface area contributed by atoms with E-state index in [0.29, 0.717) is 33.5 Å². The number of ether oxygens (including phenoxy) is 1. The van der Waals surface area contributed by atoms with Gasteiger partial charge in [-0.25, -0.2) is 0 Å². The first-order chi connectivity index (χ1) is 17.8. The van der Waals surface area contributed by atoms with Gasteiger partial charge in [0.25, 0.3) is 5.78 Å². The van der Waals surface area contributed by atoms with Crippen molar-refractivity contribution in [2.45, 2.75) is 26.5 Å². The fraction of sp³-hybridized carbons (Fsp3) is 0.143. The molecule has 1 aromatic heterocycles. The first kappa shape index (κ1) is 24.7. The number of carbonyl (C=O) groups excluding carboxylic acids is 2. The smallest absolute Gasteiger partial charge is 0.301 e. The molecule has 1 aliphatic heterocycles. The highest BCUT2D eigenvalue weighted by molar-refractivity contribution is 7.15. The Hall–Kier alpha value is -4.01. The third-order valence-electron chi connectivity index (χ3n) is 5.95. The lowest BCUT2D eigenvalue weighted by atomic mass is 9.95. The summed E-state index contributed by atoms with van der Waals surface area (Å²) in [4.78, 5) is 27.6. The molecular formula is C28H22ClN3O4S. The molecule has 1 N–H and O–H groups in total. The number of aliphatic hydroxyl groups is 1. The second-order valence-electron chi connectivity index (χ2n) is 8.63. The molecule has 0 radical (unpaired) electrons. The lowest BCUT2D eigenvalue weighted by molar-refractivity contribution is -0.132. The standard InChI is InChI=1S/C28H22ClN3O4S/c1-16-5-3-6-18(13-16)15-36-22-11-9-19(10-12-22)25(33)23-24(20-7-4-8-21(29)14-20)32(27(35)26(23)34)28-31-30-17(2)37-28/h3-14,24,33H,15H2,1-2H3/b25-23+/t24-/m1/s1. The number of aliphatic hydroxyl groups excluding tert-OH is 1. The molecule has 0 aliphatic carbocycles. The van der Waals surface area contributed by atoms with Gasteiger partial charge in [0.2, 0.25) is 5.13 Å². The van der Waals surface area contributed by atoms with Crippen LogP contribution in [0, 0.1) is 13.8 Å². The molecule has 0 bridgehead atoms. The molecule has 1 saturated heterocycles. The fourth-order valence-electron chi connectivity index (χ4n) is 4.24. The number of ketones is 1. The molecule has 1 fully saturated rings. The number of aryl methyl sites for hydroxylation is 2. The minimum atomic E-state index is -0.914. The molecule has 4 aromatic rings. The van der Waals surface area contributed by atoms with Gasteiger partial charge in [0.05, 0.1) is 11.6 Å². The van der Waals surface area contributed by atoms with E-state index in [1.54, 1.807) is 55.5 Å². The minimum Gasteiger partial charge on any atom is -0.507 e. The van der Waals surface area contributed by atoms with Crippen LogP contribution in [-0.4, -0.2) is 27.0 Å². The van der Waals surface area contributed by atoms with Gasteiger partial charge < -0.3 is 9.84 Å². The van der Waals surface area contributed by atoms with Gasteiger partial charge in [-0.05, 0) is 61.4 Å². The lowest BCUT2D eigenvalue weighted by Crippen LogP contribution is -2.29. The van der Waals surface area contributed by atoms with E-state index in [4.69, 9.17) is 16.3 Å². The summed E-state index contributed by atoms with van der Waals surface area (Å²) in [6.07, 6.45) is 0. The highest BCUT2D eigenvalue weighted by atomic mass is 35.5. The molecule has 7 nitrogen and oxygen atoms in total. The molecule has 2 heterocycles. The van der Waals surface area contributed by atoms with Crippen molar-refractivity contribution in [3.63, 3.8) is 0 Å². The molecular weight excluding hydrogens is 510 g/mol. The Morgan fingerprint density at radius 2 is 1.78 bits per heavy atom. The van der Waals surface area contributed by atoms with E-state index in [-0.39, 0.29) is 16.5 Å². The van der Waals surface area contributed by atoms with Gasteiger partial charge in [0.1, 0.15) is 23.1 Å². The summed E-state index contributed by atoms with van der Waals surface area (Å²) in [6, 6.07) is 20.7. The minimum absolute atomic E-state index is 0.0476. The Morgan fingerprint density at radius 1 is 1.03 bits per heavy atom. The van der Waals surface area contributed by atoms with Crippen LogP contribution in [0.15, 0.2) is 78.4 Å². The van der Waals surface area contributed by atoms with Crippen molar-refractivity contribution < 1.29 is 19.4 Å². The van der Waals surface area contributed by atoms with Crippen LogP contribution in [0.3, 0.4) is 0 Å².